The maximum absolute atomic E-state index is 14.8. The number of anilines is 2. The Hall–Kier alpha value is -3.58. The maximum atomic E-state index is 14.8. The van der Waals surface area contributed by atoms with Crippen LogP contribution in [0.25, 0.3) is 0 Å². The monoisotopic (exact) mass is 633 g/mol. The van der Waals surface area contributed by atoms with E-state index in [4.69, 9.17) is 9.47 Å². The van der Waals surface area contributed by atoms with E-state index >= 15 is 0 Å². The van der Waals surface area contributed by atoms with Crippen molar-refractivity contribution in [3.05, 3.63) is 65.5 Å². The quantitative estimate of drug-likeness (QED) is 0.323. The van der Waals surface area contributed by atoms with E-state index < -0.39 is 20.0 Å². The minimum Gasteiger partial charge on any atom is -0.497 e. The number of aliphatic hydroxyl groups is 1. The lowest BCUT2D eigenvalue weighted by atomic mass is 9.82. The molecule has 2 N–H and O–H groups in total. The second-order valence-corrected chi connectivity index (χ2v) is 17.0. The number of aryl methyl sites for hydroxylation is 1. The number of piperidine rings is 1. The molecule has 0 bridgehead atoms. The summed E-state index contributed by atoms with van der Waals surface area (Å²) < 4.78 is 14.3. The normalized spacial score (nSPS) is 25.0. The van der Waals surface area contributed by atoms with E-state index in [1.54, 1.807) is 16.7 Å². The number of nitrogens with zero attached hydrogens (tertiary/aromatic N) is 5. The first-order chi connectivity index (χ1) is 21.6. The van der Waals surface area contributed by atoms with E-state index in [1.807, 2.05) is 73.6 Å². The minimum absolute atomic E-state index is 0.000995. The maximum Gasteiger partial charge on any atom is 0.264 e. The molecule has 1 aromatic heterocycles. The highest BCUT2D eigenvalue weighted by Gasteiger charge is 2.66. The summed E-state index contributed by atoms with van der Waals surface area (Å²) in [5.74, 6) is 0.289. The van der Waals surface area contributed by atoms with Gasteiger partial charge in [0.05, 0.1) is 31.1 Å². The standard InChI is InChI=1S/C33H43N5O6Si/c1-22-31(45(3,4)42)29(13-16-36-21-24(14-17-39)34-35-36)44-33(22)27-19-26(43-2)11-12-28(27)38(32(33)41)20-23-8-7-9-25(18-23)37-15-6-5-10-30(37)40/h7-9,11-12,18-19,21-22,29,31,39,42H,5-6,10,13-17,20H2,1-4H3/t22-,29+,31-,33+/m1/s1. The van der Waals surface area contributed by atoms with Gasteiger partial charge in [0.1, 0.15) is 5.75 Å². The largest absolute Gasteiger partial charge is 0.497 e. The number of hydrogen-bond donors (Lipinski definition) is 2. The van der Waals surface area contributed by atoms with Crippen LogP contribution in [0.5, 0.6) is 5.75 Å². The van der Waals surface area contributed by atoms with Crippen LogP contribution in [-0.2, 0) is 39.4 Å². The van der Waals surface area contributed by atoms with E-state index in [0.29, 0.717) is 50.3 Å². The number of benzene rings is 2. The van der Waals surface area contributed by atoms with Crippen LogP contribution in [0.4, 0.5) is 11.4 Å². The van der Waals surface area contributed by atoms with Crippen LogP contribution in [0.3, 0.4) is 0 Å². The van der Waals surface area contributed by atoms with Crippen molar-refractivity contribution in [2.45, 2.75) is 82.5 Å². The summed E-state index contributed by atoms with van der Waals surface area (Å²) in [5.41, 5.74) is 2.46. The Bertz CT molecular complexity index is 1570. The molecule has 4 atom stereocenters. The third-order valence-electron chi connectivity index (χ3n) is 9.67. The molecule has 12 heteroatoms. The van der Waals surface area contributed by atoms with Crippen LogP contribution in [0.15, 0.2) is 48.7 Å². The van der Waals surface area contributed by atoms with Crippen molar-refractivity contribution in [1.29, 1.82) is 0 Å². The fourth-order valence-corrected chi connectivity index (χ4v) is 10.2. The van der Waals surface area contributed by atoms with Crippen molar-refractivity contribution < 1.29 is 29.0 Å². The van der Waals surface area contributed by atoms with E-state index in [9.17, 15) is 19.5 Å². The summed E-state index contributed by atoms with van der Waals surface area (Å²) in [7, 11) is -1.23. The Balaban J connectivity index is 1.34. The molecule has 3 aliphatic rings. The van der Waals surface area contributed by atoms with Crippen molar-refractivity contribution in [2.75, 3.05) is 30.1 Å². The number of aliphatic hydroxyl groups excluding tert-OH is 1. The van der Waals surface area contributed by atoms with Gasteiger partial charge in [0.15, 0.2) is 13.9 Å². The second kappa shape index (κ2) is 12.3. The van der Waals surface area contributed by atoms with E-state index in [2.05, 4.69) is 10.3 Å². The molecule has 0 radical (unpaired) electrons. The molecule has 6 rings (SSSR count). The Morgan fingerprint density at radius 2 is 1.98 bits per heavy atom. The topological polar surface area (TPSA) is 130 Å². The third-order valence-corrected chi connectivity index (χ3v) is 12.2. The fourth-order valence-electron chi connectivity index (χ4n) is 7.63. The predicted octanol–water partition coefficient (Wildman–Crippen LogP) is 3.77. The first kappa shape index (κ1) is 31.4. The van der Waals surface area contributed by atoms with Gasteiger partial charge < -0.3 is 29.2 Å². The number of carbonyl (C=O) groups excluding carboxylic acids is 2. The highest BCUT2D eigenvalue weighted by Crippen LogP contribution is 2.60. The number of methoxy groups -OCH3 is 1. The van der Waals surface area contributed by atoms with Crippen molar-refractivity contribution in [1.82, 2.24) is 15.0 Å². The summed E-state index contributed by atoms with van der Waals surface area (Å²) in [5, 5.41) is 17.6. The summed E-state index contributed by atoms with van der Waals surface area (Å²) in [6, 6.07) is 13.5. The molecule has 45 heavy (non-hydrogen) atoms. The number of amides is 2. The predicted molar refractivity (Wildman–Crippen MR) is 171 cm³/mol. The van der Waals surface area contributed by atoms with Gasteiger partial charge in [-0.05, 0) is 68.3 Å². The molecule has 0 saturated carbocycles. The zero-order chi connectivity index (χ0) is 31.9. The van der Waals surface area contributed by atoms with Gasteiger partial charge in [-0.25, -0.2) is 0 Å². The molecule has 2 saturated heterocycles. The molecule has 3 aromatic rings. The van der Waals surface area contributed by atoms with Crippen molar-refractivity contribution in [3.63, 3.8) is 0 Å². The van der Waals surface area contributed by atoms with Crippen molar-refractivity contribution in [3.8, 4) is 5.75 Å². The molecule has 11 nitrogen and oxygen atoms in total. The van der Waals surface area contributed by atoms with E-state index in [1.165, 1.54) is 0 Å². The molecular weight excluding hydrogens is 590 g/mol. The number of rotatable bonds is 10. The summed E-state index contributed by atoms with van der Waals surface area (Å²) >= 11 is 0. The highest BCUT2D eigenvalue weighted by molar-refractivity contribution is 6.71. The molecule has 2 amide bonds. The molecule has 0 aliphatic carbocycles. The highest BCUT2D eigenvalue weighted by atomic mass is 28.4. The lowest BCUT2D eigenvalue weighted by Crippen LogP contribution is -2.46. The van der Waals surface area contributed by atoms with Gasteiger partial charge in [0.2, 0.25) is 5.91 Å². The van der Waals surface area contributed by atoms with Crippen molar-refractivity contribution in [2.24, 2.45) is 5.92 Å². The SMILES string of the molecule is COc1ccc2c(c1)[C@]1(O[C@@H](CCn3cc(CCO)nn3)[C@H]([Si](C)(C)O)[C@H]1C)C(=O)N2Cc1cccc(N2CCCCC2=O)c1. The minimum atomic E-state index is -2.83. The Labute approximate surface area is 264 Å². The number of carbonyl (C=O) groups is 2. The molecule has 2 aromatic carbocycles. The fraction of sp³-hybridized carbons (Fsp3) is 0.515. The molecule has 2 fully saturated rings. The summed E-state index contributed by atoms with van der Waals surface area (Å²) in [4.78, 5) is 42.7. The zero-order valence-corrected chi connectivity index (χ0v) is 27.5. The van der Waals surface area contributed by atoms with E-state index in [-0.39, 0.29) is 29.9 Å². The van der Waals surface area contributed by atoms with Crippen molar-refractivity contribution >= 4 is 31.5 Å². The Morgan fingerprint density at radius 1 is 1.16 bits per heavy atom. The Morgan fingerprint density at radius 3 is 2.71 bits per heavy atom. The van der Waals surface area contributed by atoms with Gasteiger partial charge in [-0.15, -0.1) is 5.10 Å². The smallest absolute Gasteiger partial charge is 0.264 e. The lowest BCUT2D eigenvalue weighted by molar-refractivity contribution is -0.146. The molecule has 3 aliphatic heterocycles. The van der Waals surface area contributed by atoms with Gasteiger partial charge in [-0.1, -0.05) is 24.3 Å². The second-order valence-electron chi connectivity index (χ2n) is 13.0. The molecule has 1 spiro atoms. The van der Waals surface area contributed by atoms with Gasteiger partial charge in [-0.3, -0.25) is 14.3 Å². The Kier molecular flexibility index (Phi) is 8.59. The number of fused-ring (bicyclic) bond motifs is 2. The van der Waals surface area contributed by atoms with Gasteiger partial charge in [0, 0.05) is 61.4 Å². The van der Waals surface area contributed by atoms with Crippen LogP contribution in [0.1, 0.15) is 49.4 Å². The average molecular weight is 634 g/mol. The molecular formula is C33H43N5O6Si. The first-order valence-corrected chi connectivity index (χ1v) is 18.9. The summed E-state index contributed by atoms with van der Waals surface area (Å²) in [6.07, 6.45) is 4.82. The lowest BCUT2D eigenvalue weighted by Gasteiger charge is -2.32. The number of aromatic nitrogens is 3. The first-order valence-electron chi connectivity index (χ1n) is 15.9. The van der Waals surface area contributed by atoms with Gasteiger partial charge >= 0.3 is 0 Å². The van der Waals surface area contributed by atoms with Gasteiger partial charge in [0.25, 0.3) is 5.91 Å². The van der Waals surface area contributed by atoms with E-state index in [0.717, 1.165) is 35.3 Å². The zero-order valence-electron chi connectivity index (χ0n) is 26.5. The van der Waals surface area contributed by atoms with Crippen LogP contribution in [0, 0.1) is 5.92 Å². The molecule has 4 heterocycles. The number of ether oxygens (including phenoxy) is 2. The van der Waals surface area contributed by atoms with Crippen LogP contribution in [-0.4, -0.2) is 71.4 Å². The molecule has 240 valence electrons. The van der Waals surface area contributed by atoms with Gasteiger partial charge in [-0.2, -0.15) is 0 Å². The third kappa shape index (κ3) is 5.69. The van der Waals surface area contributed by atoms with Crippen LogP contribution >= 0.6 is 0 Å². The van der Waals surface area contributed by atoms with Crippen LogP contribution < -0.4 is 14.5 Å². The number of hydrogen-bond acceptors (Lipinski definition) is 8. The average Bonchev–Trinajstić information content (AvgIpc) is 3.66. The summed E-state index contributed by atoms with van der Waals surface area (Å²) in [6.45, 7) is 7.36. The van der Waals surface area contributed by atoms with Crippen LogP contribution in [0.2, 0.25) is 18.6 Å². The molecule has 0 unspecified atom stereocenters.